The Morgan fingerprint density at radius 2 is 2.09 bits per heavy atom. The largest absolute Gasteiger partial charge is 0.394 e. The van der Waals surface area contributed by atoms with Gasteiger partial charge < -0.3 is 5.32 Å². The molecule has 2 rings (SSSR count). The first kappa shape index (κ1) is 7.40. The van der Waals surface area contributed by atoms with Gasteiger partial charge in [-0.3, -0.25) is 0 Å². The van der Waals surface area contributed by atoms with E-state index in [1.807, 2.05) is 0 Å². The van der Waals surface area contributed by atoms with Gasteiger partial charge in [0.1, 0.15) is 0 Å². The zero-order valence-electron chi connectivity index (χ0n) is 6.04. The molecule has 0 aromatic carbocycles. The van der Waals surface area contributed by atoms with Crippen molar-refractivity contribution in [3.63, 3.8) is 0 Å². The van der Waals surface area contributed by atoms with E-state index in [1.165, 1.54) is 0 Å². The van der Waals surface area contributed by atoms with Gasteiger partial charge in [0.15, 0.2) is 0 Å². The number of fused-ring (bicyclic) bond motifs is 1. The minimum absolute atomic E-state index is 0.128. The summed E-state index contributed by atoms with van der Waals surface area (Å²) in [6.07, 6.45) is -3.33. The van der Waals surface area contributed by atoms with E-state index in [1.54, 1.807) is 0 Å². The van der Waals surface area contributed by atoms with Crippen LogP contribution < -0.4 is 5.32 Å². The molecular formula is C7H10F3N. The Labute approximate surface area is 63.0 Å². The molecule has 64 valence electrons. The quantitative estimate of drug-likeness (QED) is 0.574. The Bertz CT molecular complexity index is 177. The highest BCUT2D eigenvalue weighted by Crippen LogP contribution is 2.65. The molecule has 4 heteroatoms. The molecule has 1 nitrogen and oxygen atoms in total. The first-order valence-corrected chi connectivity index (χ1v) is 3.84. The summed E-state index contributed by atoms with van der Waals surface area (Å²) in [6, 6.07) is 0. The lowest BCUT2D eigenvalue weighted by molar-refractivity contribution is -0.195. The predicted molar refractivity (Wildman–Crippen MR) is 34.1 cm³/mol. The van der Waals surface area contributed by atoms with Gasteiger partial charge in [0.2, 0.25) is 0 Å². The van der Waals surface area contributed by atoms with Crippen molar-refractivity contribution in [1.29, 1.82) is 0 Å². The zero-order chi connectivity index (χ0) is 8.11. The third kappa shape index (κ3) is 0.883. The van der Waals surface area contributed by atoms with E-state index in [0.29, 0.717) is 19.5 Å². The molecule has 1 aliphatic heterocycles. The molecule has 0 radical (unpaired) electrons. The zero-order valence-corrected chi connectivity index (χ0v) is 6.04. The monoisotopic (exact) mass is 165 g/mol. The van der Waals surface area contributed by atoms with Crippen LogP contribution in [0.15, 0.2) is 0 Å². The number of nitrogens with one attached hydrogen (secondary N) is 1. The normalized spacial score (nSPS) is 43.4. The highest BCUT2D eigenvalue weighted by molar-refractivity contribution is 5.10. The molecule has 1 heterocycles. The van der Waals surface area contributed by atoms with Crippen LogP contribution in [0.4, 0.5) is 13.2 Å². The minimum Gasteiger partial charge on any atom is -0.316 e. The van der Waals surface area contributed by atoms with E-state index in [0.717, 1.165) is 0 Å². The van der Waals surface area contributed by atoms with E-state index in [-0.39, 0.29) is 12.3 Å². The summed E-state index contributed by atoms with van der Waals surface area (Å²) < 4.78 is 37.0. The van der Waals surface area contributed by atoms with Crippen molar-refractivity contribution in [2.24, 2.45) is 11.3 Å². The molecule has 0 bridgehead atoms. The van der Waals surface area contributed by atoms with Gasteiger partial charge in [-0.25, -0.2) is 0 Å². The Kier molecular flexibility index (Phi) is 1.29. The summed E-state index contributed by atoms with van der Waals surface area (Å²) in [7, 11) is 0. The van der Waals surface area contributed by atoms with Crippen molar-refractivity contribution in [3.05, 3.63) is 0 Å². The van der Waals surface area contributed by atoms with Crippen LogP contribution in [0.5, 0.6) is 0 Å². The standard InChI is InChI=1S/C7H10F3N/c8-7(9,10)6-1-2-11-4-5(6)3-6/h5,11H,1-4H2/t5-,6+/m0/s1. The summed E-state index contributed by atoms with van der Waals surface area (Å²) in [5, 5.41) is 2.97. The number of alkyl halides is 3. The van der Waals surface area contributed by atoms with Gasteiger partial charge in [-0.15, -0.1) is 0 Å². The second-order valence-corrected chi connectivity index (χ2v) is 3.51. The van der Waals surface area contributed by atoms with Crippen molar-refractivity contribution in [3.8, 4) is 0 Å². The van der Waals surface area contributed by atoms with Crippen LogP contribution in [-0.2, 0) is 0 Å². The maximum atomic E-state index is 12.3. The molecule has 1 aliphatic carbocycles. The van der Waals surface area contributed by atoms with Crippen molar-refractivity contribution >= 4 is 0 Å². The summed E-state index contributed by atoms with van der Waals surface area (Å²) >= 11 is 0. The average molecular weight is 165 g/mol. The average Bonchev–Trinajstić information content (AvgIpc) is 2.59. The van der Waals surface area contributed by atoms with Crippen molar-refractivity contribution in [2.45, 2.75) is 19.0 Å². The number of hydrogen-bond donors (Lipinski definition) is 1. The maximum Gasteiger partial charge on any atom is 0.394 e. The van der Waals surface area contributed by atoms with E-state index in [9.17, 15) is 13.2 Å². The van der Waals surface area contributed by atoms with Crippen molar-refractivity contribution in [2.75, 3.05) is 13.1 Å². The van der Waals surface area contributed by atoms with Crippen LogP contribution >= 0.6 is 0 Å². The topological polar surface area (TPSA) is 12.0 Å². The lowest BCUT2D eigenvalue weighted by Crippen LogP contribution is -2.37. The Hall–Kier alpha value is -0.250. The maximum absolute atomic E-state index is 12.3. The van der Waals surface area contributed by atoms with E-state index >= 15 is 0 Å². The van der Waals surface area contributed by atoms with Crippen LogP contribution in [0.1, 0.15) is 12.8 Å². The summed E-state index contributed by atoms with van der Waals surface area (Å²) in [5.41, 5.74) is -1.28. The van der Waals surface area contributed by atoms with Gasteiger partial charge >= 0.3 is 6.18 Å². The Balaban J connectivity index is 2.13. The van der Waals surface area contributed by atoms with E-state index in [4.69, 9.17) is 0 Å². The predicted octanol–water partition coefficient (Wildman–Crippen LogP) is 1.55. The van der Waals surface area contributed by atoms with E-state index < -0.39 is 11.6 Å². The van der Waals surface area contributed by atoms with Gasteiger partial charge in [-0.2, -0.15) is 13.2 Å². The van der Waals surface area contributed by atoms with Crippen molar-refractivity contribution < 1.29 is 13.2 Å². The third-order valence-electron chi connectivity index (χ3n) is 2.94. The van der Waals surface area contributed by atoms with Crippen LogP contribution in [0.3, 0.4) is 0 Å². The highest BCUT2D eigenvalue weighted by Gasteiger charge is 2.70. The Morgan fingerprint density at radius 1 is 1.36 bits per heavy atom. The second kappa shape index (κ2) is 1.91. The molecular weight excluding hydrogens is 155 g/mol. The lowest BCUT2D eigenvalue weighted by atomic mass is 9.96. The van der Waals surface area contributed by atoms with Crippen LogP contribution in [-0.4, -0.2) is 19.3 Å². The highest BCUT2D eigenvalue weighted by atomic mass is 19.4. The van der Waals surface area contributed by atoms with Crippen molar-refractivity contribution in [1.82, 2.24) is 5.32 Å². The molecule has 0 unspecified atom stereocenters. The summed E-state index contributed by atoms with van der Waals surface area (Å²) in [4.78, 5) is 0. The molecule has 2 atom stereocenters. The lowest BCUT2D eigenvalue weighted by Gasteiger charge is -2.25. The number of rotatable bonds is 0. The van der Waals surface area contributed by atoms with Gasteiger partial charge in [0.25, 0.3) is 0 Å². The molecule has 0 aromatic heterocycles. The smallest absolute Gasteiger partial charge is 0.316 e. The molecule has 11 heavy (non-hydrogen) atoms. The molecule has 1 saturated carbocycles. The number of halogens is 3. The van der Waals surface area contributed by atoms with Gasteiger partial charge in [-0.1, -0.05) is 0 Å². The van der Waals surface area contributed by atoms with Crippen LogP contribution in [0, 0.1) is 11.3 Å². The Morgan fingerprint density at radius 3 is 2.55 bits per heavy atom. The molecule has 1 saturated heterocycles. The van der Waals surface area contributed by atoms with Gasteiger partial charge in [0.05, 0.1) is 5.41 Å². The van der Waals surface area contributed by atoms with Crippen LogP contribution in [0.25, 0.3) is 0 Å². The fraction of sp³-hybridized carbons (Fsp3) is 1.00. The summed E-state index contributed by atoms with van der Waals surface area (Å²) in [6.45, 7) is 1.08. The fourth-order valence-corrected chi connectivity index (χ4v) is 2.03. The molecule has 2 aliphatic rings. The SMILES string of the molecule is FC(F)(F)[C@@]12CCNC[C@@H]1C2. The first-order valence-electron chi connectivity index (χ1n) is 3.84. The molecule has 0 amide bonds. The summed E-state index contributed by atoms with van der Waals surface area (Å²) in [5.74, 6) is -0.128. The molecule has 0 aromatic rings. The molecule has 1 N–H and O–H groups in total. The second-order valence-electron chi connectivity index (χ2n) is 3.51. The third-order valence-corrected chi connectivity index (χ3v) is 2.94. The number of piperidine rings is 1. The molecule has 2 fully saturated rings. The molecule has 0 spiro atoms. The van der Waals surface area contributed by atoms with Gasteiger partial charge in [0, 0.05) is 0 Å². The van der Waals surface area contributed by atoms with Gasteiger partial charge in [-0.05, 0) is 31.8 Å². The minimum atomic E-state index is -3.96. The fourth-order valence-electron chi connectivity index (χ4n) is 2.03. The first-order chi connectivity index (χ1) is 5.06. The number of hydrogen-bond acceptors (Lipinski definition) is 1. The van der Waals surface area contributed by atoms with E-state index in [2.05, 4.69) is 5.32 Å². The van der Waals surface area contributed by atoms with Crippen LogP contribution in [0.2, 0.25) is 0 Å².